The first-order chi connectivity index (χ1) is 7.08. The van der Waals surface area contributed by atoms with Crippen molar-refractivity contribution in [1.29, 1.82) is 0 Å². The fourth-order valence-corrected chi connectivity index (χ4v) is 1.71. The van der Waals surface area contributed by atoms with Crippen LogP contribution in [0.5, 0.6) is 0 Å². The van der Waals surface area contributed by atoms with E-state index in [4.69, 9.17) is 4.74 Å². The second kappa shape index (κ2) is 3.74. The van der Waals surface area contributed by atoms with E-state index < -0.39 is 16.2 Å². The summed E-state index contributed by atoms with van der Waals surface area (Å²) in [7, 11) is 0. The minimum absolute atomic E-state index is 0.0107. The second-order valence-corrected chi connectivity index (χ2v) is 4.13. The molecule has 0 saturated carbocycles. The van der Waals surface area contributed by atoms with E-state index in [0.29, 0.717) is 17.6 Å². The Labute approximate surface area is 92.7 Å². The summed E-state index contributed by atoms with van der Waals surface area (Å²) in [6.07, 6.45) is 1.54. The highest BCUT2D eigenvalue weighted by atomic mass is 79.9. The number of aromatic nitrogens is 1. The van der Waals surface area contributed by atoms with Gasteiger partial charge in [0.1, 0.15) is 0 Å². The normalized spacial score (nSPS) is 18.9. The Morgan fingerprint density at radius 1 is 1.73 bits per heavy atom. The van der Waals surface area contributed by atoms with Crippen LogP contribution in [0.1, 0.15) is 0 Å². The molecule has 1 aromatic rings. The predicted octanol–water partition coefficient (Wildman–Crippen LogP) is 0.918. The van der Waals surface area contributed by atoms with E-state index in [-0.39, 0.29) is 6.10 Å². The number of pyridine rings is 1. The zero-order valence-corrected chi connectivity index (χ0v) is 9.14. The first kappa shape index (κ1) is 10.3. The van der Waals surface area contributed by atoms with Crippen molar-refractivity contribution in [2.75, 3.05) is 6.61 Å². The topological polar surface area (TPSA) is 77.7 Å². The van der Waals surface area contributed by atoms with Gasteiger partial charge in [0.2, 0.25) is 0 Å². The maximum absolute atomic E-state index is 11.6. The fourth-order valence-electron chi connectivity index (χ4n) is 1.24. The molecule has 0 bridgehead atoms. The van der Waals surface area contributed by atoms with Gasteiger partial charge in [0.25, 0.3) is 0 Å². The van der Waals surface area contributed by atoms with Crippen LogP contribution in [0.4, 0.5) is 5.69 Å². The molecule has 2 rings (SSSR count). The zero-order chi connectivity index (χ0) is 11.0. The van der Waals surface area contributed by atoms with Gasteiger partial charge in [0.05, 0.1) is 24.2 Å². The summed E-state index contributed by atoms with van der Waals surface area (Å²) in [6, 6.07) is 1.20. The molecule has 1 aliphatic rings. The van der Waals surface area contributed by atoms with Gasteiger partial charge in [-0.2, -0.15) is 0 Å². The van der Waals surface area contributed by atoms with Gasteiger partial charge in [0, 0.05) is 16.7 Å². The van der Waals surface area contributed by atoms with Crippen molar-refractivity contribution in [3.05, 3.63) is 37.2 Å². The molecule has 1 atom stereocenters. The number of hydrogen-bond donors (Lipinski definition) is 0. The van der Waals surface area contributed by atoms with E-state index >= 15 is 0 Å². The van der Waals surface area contributed by atoms with E-state index in [2.05, 4.69) is 15.9 Å². The third kappa shape index (κ3) is 2.24. The number of hydrogen-bond acceptors (Lipinski definition) is 4. The van der Waals surface area contributed by atoms with Gasteiger partial charge in [-0.25, -0.2) is 0 Å². The average Bonchev–Trinajstić information content (AvgIpc) is 2.94. The second-order valence-electron chi connectivity index (χ2n) is 3.21. The van der Waals surface area contributed by atoms with Gasteiger partial charge in [-0.1, -0.05) is 0 Å². The van der Waals surface area contributed by atoms with Crippen LogP contribution < -0.4 is 5.56 Å². The molecular formula is C8H7BrN2O4. The molecule has 0 amide bonds. The quantitative estimate of drug-likeness (QED) is 0.467. The molecule has 2 heterocycles. The molecule has 6 nitrogen and oxygen atoms in total. The summed E-state index contributed by atoms with van der Waals surface area (Å²) in [4.78, 5) is 21.5. The molecule has 80 valence electrons. The van der Waals surface area contributed by atoms with Crippen LogP contribution in [0.3, 0.4) is 0 Å². The van der Waals surface area contributed by atoms with Crippen molar-refractivity contribution in [2.24, 2.45) is 0 Å². The van der Waals surface area contributed by atoms with Crippen LogP contribution >= 0.6 is 15.9 Å². The Bertz CT molecular complexity index is 466. The van der Waals surface area contributed by atoms with E-state index in [1.54, 1.807) is 0 Å². The largest absolute Gasteiger partial charge is 0.371 e. The monoisotopic (exact) mass is 274 g/mol. The molecule has 1 saturated heterocycles. The van der Waals surface area contributed by atoms with Crippen LogP contribution in [0.15, 0.2) is 21.5 Å². The molecule has 1 unspecified atom stereocenters. The minimum Gasteiger partial charge on any atom is -0.371 e. The predicted molar refractivity (Wildman–Crippen MR) is 54.8 cm³/mol. The third-order valence-corrected chi connectivity index (χ3v) is 2.47. The molecule has 1 fully saturated rings. The summed E-state index contributed by atoms with van der Waals surface area (Å²) in [5, 5.41) is 10.6. The van der Waals surface area contributed by atoms with E-state index in [0.717, 1.165) is 0 Å². The highest BCUT2D eigenvalue weighted by molar-refractivity contribution is 9.10. The summed E-state index contributed by atoms with van der Waals surface area (Å²) in [5.74, 6) is 0. The molecule has 1 aromatic heterocycles. The standard InChI is InChI=1S/C8H7BrN2O4/c9-5-1-7(11(13)14)8(12)10(2-5)3-6-4-15-6/h1-2,6H,3-4H2. The smallest absolute Gasteiger partial charge is 0.335 e. The van der Waals surface area contributed by atoms with Crippen LogP contribution in [0.25, 0.3) is 0 Å². The lowest BCUT2D eigenvalue weighted by molar-refractivity contribution is -0.386. The average molecular weight is 275 g/mol. The molecule has 15 heavy (non-hydrogen) atoms. The van der Waals surface area contributed by atoms with Crippen molar-refractivity contribution in [2.45, 2.75) is 12.6 Å². The van der Waals surface area contributed by atoms with Crippen LogP contribution in [0.2, 0.25) is 0 Å². The van der Waals surface area contributed by atoms with Crippen LogP contribution in [-0.4, -0.2) is 22.2 Å². The van der Waals surface area contributed by atoms with E-state index in [1.807, 2.05) is 0 Å². The number of ether oxygens (including phenoxy) is 1. The lowest BCUT2D eigenvalue weighted by atomic mass is 10.4. The molecule has 0 aliphatic carbocycles. The van der Waals surface area contributed by atoms with Gasteiger partial charge in [0.15, 0.2) is 0 Å². The van der Waals surface area contributed by atoms with Crippen molar-refractivity contribution in [3.8, 4) is 0 Å². The Hall–Kier alpha value is -1.21. The Morgan fingerprint density at radius 2 is 2.40 bits per heavy atom. The highest BCUT2D eigenvalue weighted by Crippen LogP contribution is 2.16. The van der Waals surface area contributed by atoms with E-state index in [9.17, 15) is 14.9 Å². The number of halogens is 1. The van der Waals surface area contributed by atoms with Crippen molar-refractivity contribution in [1.82, 2.24) is 4.57 Å². The van der Waals surface area contributed by atoms with Gasteiger partial charge < -0.3 is 9.30 Å². The first-order valence-electron chi connectivity index (χ1n) is 4.24. The Balaban J connectivity index is 2.44. The van der Waals surface area contributed by atoms with Gasteiger partial charge in [-0.05, 0) is 15.9 Å². The molecule has 0 aromatic carbocycles. The Kier molecular flexibility index (Phi) is 2.57. The van der Waals surface area contributed by atoms with Crippen molar-refractivity contribution in [3.63, 3.8) is 0 Å². The summed E-state index contributed by atoms with van der Waals surface area (Å²) >= 11 is 3.12. The lowest BCUT2D eigenvalue weighted by Crippen LogP contribution is -2.24. The fraction of sp³-hybridized carbons (Fsp3) is 0.375. The highest BCUT2D eigenvalue weighted by Gasteiger charge is 2.25. The van der Waals surface area contributed by atoms with Crippen molar-refractivity contribution < 1.29 is 9.66 Å². The number of nitro groups is 1. The van der Waals surface area contributed by atoms with Gasteiger partial charge in [-0.3, -0.25) is 14.9 Å². The molecule has 1 aliphatic heterocycles. The summed E-state index contributed by atoms with van der Waals surface area (Å²) in [5.41, 5.74) is -1.02. The van der Waals surface area contributed by atoms with Gasteiger partial charge >= 0.3 is 11.2 Å². The lowest BCUT2D eigenvalue weighted by Gasteiger charge is -2.03. The Morgan fingerprint density at radius 3 is 2.93 bits per heavy atom. The molecule has 0 N–H and O–H groups in total. The molecular weight excluding hydrogens is 268 g/mol. The number of rotatable bonds is 3. The third-order valence-electron chi connectivity index (χ3n) is 2.03. The zero-order valence-electron chi connectivity index (χ0n) is 7.55. The molecule has 0 radical (unpaired) electrons. The summed E-state index contributed by atoms with van der Waals surface area (Å²) in [6.45, 7) is 0.964. The van der Waals surface area contributed by atoms with Crippen molar-refractivity contribution >= 4 is 21.6 Å². The maximum Gasteiger partial charge on any atom is 0.335 e. The van der Waals surface area contributed by atoms with Gasteiger partial charge in [-0.15, -0.1) is 0 Å². The first-order valence-corrected chi connectivity index (χ1v) is 5.03. The number of epoxide rings is 1. The molecule has 7 heteroatoms. The molecule has 0 spiro atoms. The minimum atomic E-state index is -0.683. The maximum atomic E-state index is 11.6. The van der Waals surface area contributed by atoms with E-state index in [1.165, 1.54) is 16.8 Å². The van der Waals surface area contributed by atoms with Crippen LogP contribution in [0, 0.1) is 10.1 Å². The van der Waals surface area contributed by atoms with Crippen LogP contribution in [-0.2, 0) is 11.3 Å². The summed E-state index contributed by atoms with van der Waals surface area (Å²) < 4.78 is 6.76. The number of nitrogens with zero attached hydrogens (tertiary/aromatic N) is 2. The SMILES string of the molecule is O=c1c([N+](=O)[O-])cc(Br)cn1CC1CO1.